The molecule has 0 amide bonds. The normalized spacial score (nSPS) is 23.5. The van der Waals surface area contributed by atoms with Gasteiger partial charge in [0.1, 0.15) is 0 Å². The molecule has 1 fully saturated rings. The van der Waals surface area contributed by atoms with Crippen LogP contribution in [-0.4, -0.2) is 49.2 Å². The first-order chi connectivity index (χ1) is 10.8. The van der Waals surface area contributed by atoms with E-state index < -0.39 is 0 Å². The molecule has 1 aromatic carbocycles. The highest BCUT2D eigenvalue weighted by Crippen LogP contribution is 2.33. The minimum absolute atomic E-state index is 0.635. The third-order valence-corrected chi connectivity index (χ3v) is 5.15. The molecular formula is C19H30N2O. The van der Waals surface area contributed by atoms with Crippen molar-refractivity contribution in [3.8, 4) is 0 Å². The van der Waals surface area contributed by atoms with Gasteiger partial charge in [0.25, 0.3) is 0 Å². The molecule has 0 saturated carbocycles. The average molecular weight is 302 g/mol. The van der Waals surface area contributed by atoms with E-state index in [0.29, 0.717) is 6.04 Å². The molecule has 1 atom stereocenters. The minimum atomic E-state index is 0.635. The lowest BCUT2D eigenvalue weighted by Crippen LogP contribution is -2.36. The molecule has 0 bridgehead atoms. The van der Waals surface area contributed by atoms with E-state index in [-0.39, 0.29) is 0 Å². The van der Waals surface area contributed by atoms with Crippen LogP contribution < -0.4 is 0 Å². The van der Waals surface area contributed by atoms with E-state index in [0.717, 1.165) is 32.8 Å². The molecule has 2 aliphatic heterocycles. The van der Waals surface area contributed by atoms with Crippen molar-refractivity contribution in [2.24, 2.45) is 0 Å². The summed E-state index contributed by atoms with van der Waals surface area (Å²) in [6, 6.07) is 7.88. The van der Waals surface area contributed by atoms with Gasteiger partial charge in [0, 0.05) is 32.2 Å². The number of morpholine rings is 1. The maximum atomic E-state index is 5.45. The Morgan fingerprint density at radius 2 is 1.95 bits per heavy atom. The van der Waals surface area contributed by atoms with Gasteiger partial charge in [0.15, 0.2) is 0 Å². The van der Waals surface area contributed by atoms with Gasteiger partial charge in [0.05, 0.1) is 13.2 Å². The fraction of sp³-hybridized carbons (Fsp3) is 0.684. The highest BCUT2D eigenvalue weighted by Gasteiger charge is 2.25. The van der Waals surface area contributed by atoms with Crippen molar-refractivity contribution in [3.63, 3.8) is 0 Å². The molecule has 1 unspecified atom stereocenters. The second-order valence-electron chi connectivity index (χ2n) is 6.60. The van der Waals surface area contributed by atoms with Crippen LogP contribution in [0.4, 0.5) is 0 Å². The zero-order valence-corrected chi connectivity index (χ0v) is 14.2. The lowest BCUT2D eigenvalue weighted by Gasteiger charge is -2.37. The van der Waals surface area contributed by atoms with E-state index >= 15 is 0 Å². The van der Waals surface area contributed by atoms with Crippen LogP contribution in [0.2, 0.25) is 0 Å². The Balaban J connectivity index is 1.75. The summed E-state index contributed by atoms with van der Waals surface area (Å²) in [4.78, 5) is 5.16. The van der Waals surface area contributed by atoms with Gasteiger partial charge in [-0.15, -0.1) is 0 Å². The molecular weight excluding hydrogens is 272 g/mol. The molecule has 22 heavy (non-hydrogen) atoms. The maximum Gasteiger partial charge on any atom is 0.0594 e. The summed E-state index contributed by atoms with van der Waals surface area (Å²) < 4.78 is 5.45. The Hall–Kier alpha value is -0.900. The van der Waals surface area contributed by atoms with Gasteiger partial charge < -0.3 is 4.74 Å². The Kier molecular flexibility index (Phi) is 5.51. The van der Waals surface area contributed by atoms with Crippen molar-refractivity contribution in [1.82, 2.24) is 9.80 Å². The van der Waals surface area contributed by atoms with E-state index in [2.05, 4.69) is 41.8 Å². The number of ether oxygens (including phenoxy) is 1. The number of hydrogen-bond acceptors (Lipinski definition) is 3. The largest absolute Gasteiger partial charge is 0.379 e. The van der Waals surface area contributed by atoms with Gasteiger partial charge >= 0.3 is 0 Å². The van der Waals surface area contributed by atoms with Crippen molar-refractivity contribution in [2.45, 2.75) is 45.7 Å². The Bertz CT molecular complexity index is 482. The summed E-state index contributed by atoms with van der Waals surface area (Å²) in [7, 11) is 0. The predicted molar refractivity (Wildman–Crippen MR) is 91.1 cm³/mol. The first-order valence-electron chi connectivity index (χ1n) is 8.97. The molecule has 1 aromatic rings. The lowest BCUT2D eigenvalue weighted by molar-refractivity contribution is 0.0341. The Morgan fingerprint density at radius 1 is 1.14 bits per heavy atom. The molecule has 2 aliphatic rings. The second kappa shape index (κ2) is 7.58. The molecule has 0 spiro atoms. The third-order valence-electron chi connectivity index (χ3n) is 5.15. The van der Waals surface area contributed by atoms with Crippen molar-refractivity contribution in [3.05, 3.63) is 34.9 Å². The number of fused-ring (bicyclic) bond motifs is 1. The highest BCUT2D eigenvalue weighted by atomic mass is 16.5. The predicted octanol–water partition coefficient (Wildman–Crippen LogP) is 3.24. The number of nitrogens with zero attached hydrogens (tertiary/aromatic N) is 2. The van der Waals surface area contributed by atoms with E-state index in [1.807, 2.05) is 0 Å². The summed E-state index contributed by atoms with van der Waals surface area (Å²) in [5, 5.41) is 0. The summed E-state index contributed by atoms with van der Waals surface area (Å²) in [5.74, 6) is 0. The Morgan fingerprint density at radius 3 is 2.68 bits per heavy atom. The summed E-state index contributed by atoms with van der Waals surface area (Å²) in [6.07, 6.45) is 3.75. The van der Waals surface area contributed by atoms with Crippen LogP contribution in [0.25, 0.3) is 0 Å². The average Bonchev–Trinajstić information content (AvgIpc) is 2.56. The van der Waals surface area contributed by atoms with Crippen molar-refractivity contribution in [2.75, 3.05) is 39.4 Å². The smallest absolute Gasteiger partial charge is 0.0594 e. The quantitative estimate of drug-likeness (QED) is 0.830. The van der Waals surface area contributed by atoms with Gasteiger partial charge in [-0.2, -0.15) is 0 Å². The Labute approximate surface area is 135 Å². The number of benzene rings is 1. The fourth-order valence-corrected chi connectivity index (χ4v) is 3.92. The number of rotatable bonds is 5. The van der Waals surface area contributed by atoms with Gasteiger partial charge in [-0.1, -0.05) is 38.5 Å². The topological polar surface area (TPSA) is 15.7 Å². The summed E-state index contributed by atoms with van der Waals surface area (Å²) in [6.45, 7) is 12.0. The van der Waals surface area contributed by atoms with Gasteiger partial charge in [-0.05, 0) is 36.1 Å². The number of likely N-dealkylation sites (N-methyl/N-ethyl adjacent to an activating group) is 1. The third kappa shape index (κ3) is 3.53. The molecule has 2 heterocycles. The first kappa shape index (κ1) is 16.0. The lowest BCUT2D eigenvalue weighted by atomic mass is 9.88. The molecule has 0 radical (unpaired) electrons. The number of hydrogen-bond donors (Lipinski definition) is 0. The van der Waals surface area contributed by atoms with Crippen LogP contribution in [-0.2, 0) is 17.7 Å². The van der Waals surface area contributed by atoms with Gasteiger partial charge in [0.2, 0.25) is 0 Å². The zero-order chi connectivity index (χ0) is 15.4. The van der Waals surface area contributed by atoms with Crippen LogP contribution in [0.1, 0.15) is 49.4 Å². The monoisotopic (exact) mass is 302 g/mol. The first-order valence-corrected chi connectivity index (χ1v) is 8.97. The highest BCUT2D eigenvalue weighted by molar-refractivity contribution is 5.36. The molecule has 0 aliphatic carbocycles. The molecule has 3 nitrogen and oxygen atoms in total. The minimum Gasteiger partial charge on any atom is -0.379 e. The van der Waals surface area contributed by atoms with Crippen LogP contribution in [0.3, 0.4) is 0 Å². The van der Waals surface area contributed by atoms with E-state index in [1.54, 1.807) is 11.1 Å². The van der Waals surface area contributed by atoms with Crippen LogP contribution in [0.15, 0.2) is 18.2 Å². The van der Waals surface area contributed by atoms with Crippen molar-refractivity contribution < 1.29 is 4.74 Å². The standard InChI is InChI=1S/C19H30N2O/c1-3-5-19-18-7-6-16(15-20-10-12-22-13-11-20)14-17(18)8-9-21(19)4-2/h6-7,14,19H,3-5,8-13,15H2,1-2H3. The zero-order valence-electron chi connectivity index (χ0n) is 14.2. The molecule has 3 rings (SSSR count). The van der Waals surface area contributed by atoms with Crippen LogP contribution in [0.5, 0.6) is 0 Å². The van der Waals surface area contributed by atoms with Crippen molar-refractivity contribution >= 4 is 0 Å². The van der Waals surface area contributed by atoms with Crippen LogP contribution >= 0.6 is 0 Å². The second-order valence-corrected chi connectivity index (χ2v) is 6.60. The van der Waals surface area contributed by atoms with E-state index in [4.69, 9.17) is 4.74 Å². The SMILES string of the molecule is CCCC1c2ccc(CN3CCOCC3)cc2CCN1CC. The maximum absolute atomic E-state index is 5.45. The van der Waals surface area contributed by atoms with Crippen molar-refractivity contribution in [1.29, 1.82) is 0 Å². The fourth-order valence-electron chi connectivity index (χ4n) is 3.92. The molecule has 3 heteroatoms. The molecule has 122 valence electrons. The molecule has 0 N–H and O–H groups in total. The summed E-state index contributed by atoms with van der Waals surface area (Å²) in [5.41, 5.74) is 4.65. The van der Waals surface area contributed by atoms with Crippen LogP contribution in [0, 0.1) is 0 Å². The molecule has 1 saturated heterocycles. The van der Waals surface area contributed by atoms with E-state index in [1.165, 1.54) is 37.9 Å². The molecule has 0 aromatic heterocycles. The van der Waals surface area contributed by atoms with Gasteiger partial charge in [-0.25, -0.2) is 0 Å². The van der Waals surface area contributed by atoms with E-state index in [9.17, 15) is 0 Å². The van der Waals surface area contributed by atoms with Gasteiger partial charge in [-0.3, -0.25) is 9.80 Å². The summed E-state index contributed by atoms with van der Waals surface area (Å²) >= 11 is 0.